The van der Waals surface area contributed by atoms with Gasteiger partial charge in [-0.3, -0.25) is 4.90 Å². The van der Waals surface area contributed by atoms with Crippen molar-refractivity contribution < 1.29 is 0 Å². The highest BCUT2D eigenvalue weighted by molar-refractivity contribution is 6.31. The molecule has 2 nitrogen and oxygen atoms in total. The lowest BCUT2D eigenvalue weighted by Gasteiger charge is -2.23. The van der Waals surface area contributed by atoms with E-state index < -0.39 is 0 Å². The van der Waals surface area contributed by atoms with Crippen molar-refractivity contribution in [3.05, 3.63) is 70.7 Å². The van der Waals surface area contributed by atoms with Gasteiger partial charge in [0.05, 0.1) is 0 Å². The van der Waals surface area contributed by atoms with Gasteiger partial charge in [-0.2, -0.15) is 0 Å². The van der Waals surface area contributed by atoms with Crippen molar-refractivity contribution in [3.8, 4) is 0 Å². The smallest absolute Gasteiger partial charge is 0.0453 e. The third-order valence-electron chi connectivity index (χ3n) is 3.76. The van der Waals surface area contributed by atoms with Crippen molar-refractivity contribution in [1.29, 1.82) is 0 Å². The molecular weight excluding hydrogens is 280 g/mol. The molecule has 2 aromatic rings. The normalized spacial score (nSPS) is 12.6. The molecule has 0 bridgehead atoms. The fraction of sp³-hybridized carbons (Fsp3) is 0.333. The molecule has 0 spiro atoms. The molecule has 112 valence electrons. The van der Waals surface area contributed by atoms with E-state index in [-0.39, 0.29) is 6.04 Å². The van der Waals surface area contributed by atoms with Crippen LogP contribution in [0.1, 0.15) is 30.5 Å². The van der Waals surface area contributed by atoms with Gasteiger partial charge in [-0.1, -0.05) is 67.1 Å². The minimum absolute atomic E-state index is 0.0106. The topological polar surface area (TPSA) is 29.3 Å². The molecular formula is C18H23ClN2. The maximum atomic E-state index is 6.28. The average molecular weight is 303 g/mol. The van der Waals surface area contributed by atoms with Gasteiger partial charge in [-0.15, -0.1) is 0 Å². The number of nitrogens with two attached hydrogens (primary N) is 1. The molecule has 3 heteroatoms. The summed E-state index contributed by atoms with van der Waals surface area (Å²) in [5.41, 5.74) is 8.66. The van der Waals surface area contributed by atoms with Crippen LogP contribution in [0.2, 0.25) is 5.02 Å². The van der Waals surface area contributed by atoms with Crippen LogP contribution in [-0.2, 0) is 6.54 Å². The molecule has 0 heterocycles. The molecule has 21 heavy (non-hydrogen) atoms. The zero-order valence-corrected chi connectivity index (χ0v) is 13.3. The summed E-state index contributed by atoms with van der Waals surface area (Å²) >= 11 is 6.20. The molecule has 0 fully saturated rings. The number of hydrogen-bond acceptors (Lipinski definition) is 2. The van der Waals surface area contributed by atoms with E-state index in [2.05, 4.69) is 36.1 Å². The Morgan fingerprint density at radius 3 is 2.38 bits per heavy atom. The summed E-state index contributed by atoms with van der Waals surface area (Å²) < 4.78 is 0. The fourth-order valence-electron chi connectivity index (χ4n) is 2.44. The third-order valence-corrected chi connectivity index (χ3v) is 4.10. The van der Waals surface area contributed by atoms with Gasteiger partial charge < -0.3 is 5.73 Å². The van der Waals surface area contributed by atoms with Crippen molar-refractivity contribution in [2.24, 2.45) is 5.73 Å². The summed E-state index contributed by atoms with van der Waals surface area (Å²) in [5, 5.41) is 0.760. The third kappa shape index (κ3) is 4.85. The number of nitrogens with zero attached hydrogens (tertiary/aromatic N) is 1. The summed E-state index contributed by atoms with van der Waals surface area (Å²) in [6.45, 7) is 5.14. The molecule has 0 aliphatic heterocycles. The Morgan fingerprint density at radius 2 is 1.71 bits per heavy atom. The van der Waals surface area contributed by atoms with E-state index >= 15 is 0 Å². The summed E-state index contributed by atoms with van der Waals surface area (Å²) in [5.74, 6) is 0. The largest absolute Gasteiger partial charge is 0.324 e. The molecule has 1 unspecified atom stereocenters. The van der Waals surface area contributed by atoms with Crippen LogP contribution in [0.5, 0.6) is 0 Å². The summed E-state index contributed by atoms with van der Waals surface area (Å²) in [7, 11) is 0. The van der Waals surface area contributed by atoms with Crippen LogP contribution < -0.4 is 5.73 Å². The highest BCUT2D eigenvalue weighted by atomic mass is 35.5. The second-order valence-corrected chi connectivity index (χ2v) is 5.68. The van der Waals surface area contributed by atoms with E-state index in [9.17, 15) is 0 Å². The van der Waals surface area contributed by atoms with Gasteiger partial charge in [0.1, 0.15) is 0 Å². The minimum atomic E-state index is -0.0106. The second kappa shape index (κ2) is 8.18. The van der Waals surface area contributed by atoms with E-state index in [1.54, 1.807) is 0 Å². The molecule has 0 aromatic heterocycles. The number of rotatable bonds is 7. The SMILES string of the molecule is CCN(CCC(N)c1ccccc1Cl)Cc1ccccc1. The molecule has 0 amide bonds. The number of benzene rings is 2. The average Bonchev–Trinajstić information content (AvgIpc) is 2.52. The fourth-order valence-corrected chi connectivity index (χ4v) is 2.72. The molecule has 0 radical (unpaired) electrons. The first-order valence-corrected chi connectivity index (χ1v) is 7.84. The van der Waals surface area contributed by atoms with Gasteiger partial charge in [0, 0.05) is 24.2 Å². The summed E-state index contributed by atoms with van der Waals surface area (Å²) in [6, 6.07) is 18.4. The monoisotopic (exact) mass is 302 g/mol. The Labute approximate surface area is 132 Å². The van der Waals surface area contributed by atoms with Crippen LogP contribution in [0.15, 0.2) is 54.6 Å². The van der Waals surface area contributed by atoms with Gasteiger partial charge in [0.25, 0.3) is 0 Å². The predicted octanol–water partition coefficient (Wildman–Crippen LogP) is 4.25. The van der Waals surface area contributed by atoms with Crippen LogP contribution in [-0.4, -0.2) is 18.0 Å². The first-order valence-electron chi connectivity index (χ1n) is 7.47. The molecule has 1 atom stereocenters. The van der Waals surface area contributed by atoms with Crippen molar-refractivity contribution in [1.82, 2.24) is 4.90 Å². The zero-order chi connectivity index (χ0) is 15.1. The lowest BCUT2D eigenvalue weighted by Crippen LogP contribution is -2.27. The maximum absolute atomic E-state index is 6.28. The van der Waals surface area contributed by atoms with Gasteiger partial charge in [0.2, 0.25) is 0 Å². The zero-order valence-electron chi connectivity index (χ0n) is 12.5. The molecule has 0 aliphatic carbocycles. The van der Waals surface area contributed by atoms with Crippen molar-refractivity contribution >= 4 is 11.6 Å². The highest BCUT2D eigenvalue weighted by Crippen LogP contribution is 2.23. The molecule has 0 saturated carbocycles. The second-order valence-electron chi connectivity index (χ2n) is 5.27. The number of halogens is 1. The minimum Gasteiger partial charge on any atom is -0.324 e. The Kier molecular flexibility index (Phi) is 6.24. The molecule has 2 aromatic carbocycles. The summed E-state index contributed by atoms with van der Waals surface area (Å²) in [4.78, 5) is 2.41. The van der Waals surface area contributed by atoms with E-state index in [0.717, 1.165) is 36.6 Å². The van der Waals surface area contributed by atoms with Crippen LogP contribution in [0.4, 0.5) is 0 Å². The summed E-state index contributed by atoms with van der Waals surface area (Å²) in [6.07, 6.45) is 0.907. The molecule has 2 N–H and O–H groups in total. The standard InChI is InChI=1S/C18H23ClN2/c1-2-21(14-15-8-4-3-5-9-15)13-12-18(20)16-10-6-7-11-17(16)19/h3-11,18H,2,12-14,20H2,1H3. The van der Waals surface area contributed by atoms with Crippen LogP contribution in [0.25, 0.3) is 0 Å². The molecule has 2 rings (SSSR count). The quantitative estimate of drug-likeness (QED) is 0.828. The van der Waals surface area contributed by atoms with Crippen molar-refractivity contribution in [3.63, 3.8) is 0 Å². The lowest BCUT2D eigenvalue weighted by molar-refractivity contribution is 0.268. The van der Waals surface area contributed by atoms with Crippen LogP contribution >= 0.6 is 11.6 Å². The van der Waals surface area contributed by atoms with Gasteiger partial charge in [0.15, 0.2) is 0 Å². The highest BCUT2D eigenvalue weighted by Gasteiger charge is 2.11. The lowest BCUT2D eigenvalue weighted by atomic mass is 10.0. The Balaban J connectivity index is 1.90. The van der Waals surface area contributed by atoms with E-state index in [0.29, 0.717) is 0 Å². The van der Waals surface area contributed by atoms with Crippen LogP contribution in [0.3, 0.4) is 0 Å². The predicted molar refractivity (Wildman–Crippen MR) is 90.4 cm³/mol. The maximum Gasteiger partial charge on any atom is 0.0453 e. The Bertz CT molecular complexity index is 542. The first kappa shape index (κ1) is 16.0. The van der Waals surface area contributed by atoms with E-state index in [1.165, 1.54) is 5.56 Å². The van der Waals surface area contributed by atoms with Crippen LogP contribution in [0, 0.1) is 0 Å². The van der Waals surface area contributed by atoms with Crippen molar-refractivity contribution in [2.45, 2.75) is 25.9 Å². The molecule has 0 saturated heterocycles. The van der Waals surface area contributed by atoms with Gasteiger partial charge >= 0.3 is 0 Å². The first-order chi connectivity index (χ1) is 10.2. The van der Waals surface area contributed by atoms with Gasteiger partial charge in [-0.25, -0.2) is 0 Å². The number of hydrogen-bond donors (Lipinski definition) is 1. The van der Waals surface area contributed by atoms with Gasteiger partial charge in [-0.05, 0) is 30.2 Å². The van der Waals surface area contributed by atoms with E-state index in [4.69, 9.17) is 17.3 Å². The van der Waals surface area contributed by atoms with Crippen molar-refractivity contribution in [2.75, 3.05) is 13.1 Å². The Hall–Kier alpha value is -1.35. The molecule has 0 aliphatic rings. The Morgan fingerprint density at radius 1 is 1.05 bits per heavy atom. The van der Waals surface area contributed by atoms with E-state index in [1.807, 2.05) is 30.3 Å².